The van der Waals surface area contributed by atoms with Crippen molar-refractivity contribution in [1.82, 2.24) is 19.8 Å². The predicted octanol–water partition coefficient (Wildman–Crippen LogP) is 8.24. The number of nitro groups is 1. The van der Waals surface area contributed by atoms with Crippen LogP contribution in [0.5, 0.6) is 0 Å². The number of nitrogens with one attached hydrogen (secondary N) is 2. The summed E-state index contributed by atoms with van der Waals surface area (Å²) in [6.07, 6.45) is 2.02. The molecular formula is C44H48N8O4S2. The van der Waals surface area contributed by atoms with Crippen LogP contribution in [-0.2, 0) is 16.6 Å². The largest absolute Gasteiger partial charge is 0.373 e. The average molecular weight is 817 g/mol. The third-order valence-electron chi connectivity index (χ3n) is 10.4. The lowest BCUT2D eigenvalue weighted by molar-refractivity contribution is -0.384. The van der Waals surface area contributed by atoms with Crippen LogP contribution in [0.3, 0.4) is 0 Å². The van der Waals surface area contributed by atoms with Gasteiger partial charge in [-0.25, -0.2) is 18.4 Å². The van der Waals surface area contributed by atoms with E-state index in [0.717, 1.165) is 55.9 Å². The van der Waals surface area contributed by atoms with Crippen molar-refractivity contribution < 1.29 is 13.3 Å². The molecule has 5 aromatic carbocycles. The highest BCUT2D eigenvalue weighted by Gasteiger charge is 2.30. The van der Waals surface area contributed by atoms with Crippen LogP contribution in [0.25, 0.3) is 22.0 Å². The molecule has 12 nitrogen and oxygen atoms in total. The fourth-order valence-electron chi connectivity index (χ4n) is 7.13. The molecule has 6 aromatic rings. The van der Waals surface area contributed by atoms with Gasteiger partial charge in [0, 0.05) is 66.1 Å². The molecule has 58 heavy (non-hydrogen) atoms. The molecule has 0 spiro atoms. The highest BCUT2D eigenvalue weighted by atomic mass is 32.2. The van der Waals surface area contributed by atoms with Gasteiger partial charge in [-0.05, 0) is 93.1 Å². The van der Waals surface area contributed by atoms with E-state index in [1.54, 1.807) is 11.8 Å². The van der Waals surface area contributed by atoms with Gasteiger partial charge in [0.25, 0.3) is 15.7 Å². The standard InChI is InChI=1S/C44H48N8O4S2/c1-44(22-23-49(2)3,31-57-36-15-8-5-9-16-36)47-40-21-19-37(29-42(40)52(53)54)58(55,56)48-43-39-20-18-35(28-41(39)45-32-46-43)51-26-24-50(25-27-51)30-34-14-10-11-17-38(34)33-12-6-4-7-13-33/h4-21,28-29,32,47H,22-27,30-31H2,1-3H3,(H,45,46,48)/t44-/m1/s1. The molecule has 0 unspecified atom stereocenters. The second kappa shape index (κ2) is 17.9. The Balaban J connectivity index is 1.04. The maximum absolute atomic E-state index is 13.8. The molecule has 1 atom stereocenters. The molecule has 1 aromatic heterocycles. The molecule has 7 rings (SSSR count). The van der Waals surface area contributed by atoms with E-state index in [9.17, 15) is 18.5 Å². The van der Waals surface area contributed by atoms with Gasteiger partial charge in [0.1, 0.15) is 12.0 Å². The molecule has 1 saturated heterocycles. The zero-order valence-corrected chi connectivity index (χ0v) is 34.5. The molecule has 300 valence electrons. The molecule has 1 aliphatic rings. The fraction of sp³-hybridized carbons (Fsp3) is 0.273. The lowest BCUT2D eigenvalue weighted by Gasteiger charge is -2.36. The summed E-state index contributed by atoms with van der Waals surface area (Å²) in [7, 11) is -0.307. The van der Waals surface area contributed by atoms with E-state index in [0.29, 0.717) is 23.1 Å². The van der Waals surface area contributed by atoms with E-state index in [2.05, 4.69) is 83.2 Å². The van der Waals surface area contributed by atoms with Gasteiger partial charge in [-0.15, -0.1) is 11.8 Å². The molecule has 14 heteroatoms. The smallest absolute Gasteiger partial charge is 0.293 e. The monoisotopic (exact) mass is 816 g/mol. The molecule has 2 heterocycles. The minimum absolute atomic E-state index is 0.0949. The van der Waals surface area contributed by atoms with E-state index in [4.69, 9.17) is 0 Å². The lowest BCUT2D eigenvalue weighted by Crippen LogP contribution is -2.46. The number of hydrogen-bond acceptors (Lipinski definition) is 11. The fourth-order valence-corrected chi connectivity index (χ4v) is 9.23. The number of benzene rings is 5. The quantitative estimate of drug-likeness (QED) is 0.0555. The predicted molar refractivity (Wildman–Crippen MR) is 235 cm³/mol. The van der Waals surface area contributed by atoms with Crippen molar-refractivity contribution in [2.24, 2.45) is 0 Å². The molecule has 1 aliphatic heterocycles. The highest BCUT2D eigenvalue weighted by Crippen LogP contribution is 2.35. The first-order valence-corrected chi connectivity index (χ1v) is 21.7. The maximum atomic E-state index is 13.8. The zero-order valence-electron chi connectivity index (χ0n) is 32.9. The SMILES string of the molecule is CN(C)CC[C@](C)(CSc1ccccc1)Nc1ccc(S(=O)(=O)Nc2ncnc3cc(N4CCN(Cc5ccccc5-c5ccccc5)CC4)ccc23)cc1[N+](=O)[O-]. The van der Waals surface area contributed by atoms with Crippen LogP contribution in [0.1, 0.15) is 18.9 Å². The van der Waals surface area contributed by atoms with Crippen LogP contribution in [0.4, 0.5) is 22.9 Å². The second-order valence-corrected chi connectivity index (χ2v) is 17.8. The van der Waals surface area contributed by atoms with Gasteiger partial charge in [-0.3, -0.25) is 19.7 Å². The lowest BCUT2D eigenvalue weighted by atomic mass is 9.99. The number of rotatable bonds is 16. The number of sulfonamides is 1. The van der Waals surface area contributed by atoms with Crippen molar-refractivity contribution >= 4 is 55.6 Å². The molecule has 1 fully saturated rings. The van der Waals surface area contributed by atoms with Gasteiger partial charge < -0.3 is 15.1 Å². The summed E-state index contributed by atoms with van der Waals surface area (Å²) >= 11 is 1.66. The Bertz CT molecular complexity index is 2470. The summed E-state index contributed by atoms with van der Waals surface area (Å²) < 4.78 is 30.2. The first-order chi connectivity index (χ1) is 28.0. The van der Waals surface area contributed by atoms with Crippen molar-refractivity contribution in [3.05, 3.63) is 143 Å². The summed E-state index contributed by atoms with van der Waals surface area (Å²) in [6, 6.07) is 38.7. The second-order valence-electron chi connectivity index (χ2n) is 15.1. The summed E-state index contributed by atoms with van der Waals surface area (Å²) in [4.78, 5) is 28.3. The van der Waals surface area contributed by atoms with Crippen LogP contribution < -0.4 is 14.9 Å². The first-order valence-electron chi connectivity index (χ1n) is 19.2. The van der Waals surface area contributed by atoms with E-state index in [1.807, 2.05) is 75.6 Å². The van der Waals surface area contributed by atoms with E-state index < -0.39 is 20.5 Å². The Morgan fingerprint density at radius 2 is 1.57 bits per heavy atom. The maximum Gasteiger partial charge on any atom is 0.293 e. The number of nitrogens with zero attached hydrogens (tertiary/aromatic N) is 6. The van der Waals surface area contributed by atoms with Crippen molar-refractivity contribution in [1.29, 1.82) is 0 Å². The van der Waals surface area contributed by atoms with Crippen LogP contribution in [0.15, 0.2) is 137 Å². The Morgan fingerprint density at radius 3 is 2.29 bits per heavy atom. The van der Waals surface area contributed by atoms with E-state index in [-0.39, 0.29) is 22.1 Å². The van der Waals surface area contributed by atoms with Crippen LogP contribution in [0.2, 0.25) is 0 Å². The Morgan fingerprint density at radius 1 is 0.862 bits per heavy atom. The summed E-state index contributed by atoms with van der Waals surface area (Å²) in [6.45, 7) is 7.07. The third kappa shape index (κ3) is 9.94. The molecule has 0 bridgehead atoms. The van der Waals surface area contributed by atoms with Crippen molar-refractivity contribution in [3.63, 3.8) is 0 Å². The minimum Gasteiger partial charge on any atom is -0.373 e. The Hall–Kier alpha value is -5.54. The van der Waals surface area contributed by atoms with Gasteiger partial charge in [-0.2, -0.15) is 0 Å². The molecule has 0 amide bonds. The van der Waals surface area contributed by atoms with Crippen molar-refractivity contribution in [2.75, 3.05) is 67.5 Å². The first kappa shape index (κ1) is 40.6. The summed E-state index contributed by atoms with van der Waals surface area (Å²) in [5.41, 5.74) is 4.71. The topological polar surface area (TPSA) is 137 Å². The van der Waals surface area contributed by atoms with E-state index in [1.165, 1.54) is 35.2 Å². The average Bonchev–Trinajstić information content (AvgIpc) is 3.23. The van der Waals surface area contributed by atoms with Crippen molar-refractivity contribution in [3.8, 4) is 11.1 Å². The van der Waals surface area contributed by atoms with Gasteiger partial charge in [-0.1, -0.05) is 72.8 Å². The molecule has 2 N–H and O–H groups in total. The molecule has 0 aliphatic carbocycles. The summed E-state index contributed by atoms with van der Waals surface area (Å²) in [5, 5.41) is 16.3. The number of aromatic nitrogens is 2. The number of nitro benzene ring substituents is 1. The normalized spacial score (nSPS) is 14.7. The molecular weight excluding hydrogens is 769 g/mol. The number of piperazine rings is 1. The van der Waals surface area contributed by atoms with Gasteiger partial charge in [0.15, 0.2) is 5.82 Å². The highest BCUT2D eigenvalue weighted by molar-refractivity contribution is 7.99. The minimum atomic E-state index is -4.27. The number of fused-ring (bicyclic) bond motifs is 1. The van der Waals surface area contributed by atoms with E-state index >= 15 is 0 Å². The van der Waals surface area contributed by atoms with Gasteiger partial charge >= 0.3 is 0 Å². The zero-order chi connectivity index (χ0) is 40.7. The van der Waals surface area contributed by atoms with Crippen LogP contribution >= 0.6 is 11.8 Å². The van der Waals surface area contributed by atoms with Crippen LogP contribution in [-0.4, -0.2) is 91.2 Å². The van der Waals surface area contributed by atoms with Gasteiger partial charge in [0.2, 0.25) is 0 Å². The number of thioether (sulfide) groups is 1. The Kier molecular flexibility index (Phi) is 12.6. The number of anilines is 3. The van der Waals surface area contributed by atoms with Gasteiger partial charge in [0.05, 0.1) is 15.3 Å². The summed E-state index contributed by atoms with van der Waals surface area (Å²) in [5.74, 6) is 0.726. The molecule has 0 saturated carbocycles. The third-order valence-corrected chi connectivity index (χ3v) is 13.1. The van der Waals surface area contributed by atoms with Crippen molar-refractivity contribution in [2.45, 2.75) is 35.2 Å². The number of hydrogen-bond donors (Lipinski definition) is 2. The molecule has 0 radical (unpaired) electrons. The Labute approximate surface area is 344 Å². The van der Waals surface area contributed by atoms with Crippen LogP contribution in [0, 0.1) is 10.1 Å².